The third kappa shape index (κ3) is 3.82. The monoisotopic (exact) mass is 454 g/mol. The molecule has 1 unspecified atom stereocenters. The highest BCUT2D eigenvalue weighted by molar-refractivity contribution is 6.30. The van der Waals surface area contributed by atoms with Gasteiger partial charge in [-0.15, -0.1) is 5.10 Å². The molecule has 0 N–H and O–H groups in total. The SMILES string of the molecule is Cc1nnc(N2CCCC(C(=O)N3CCOCC3)C2)c2nn(-c3ccc(Cl)cc3)c(C)c12. The highest BCUT2D eigenvalue weighted by Crippen LogP contribution is 2.32. The third-order valence-electron chi connectivity index (χ3n) is 6.45. The smallest absolute Gasteiger partial charge is 0.227 e. The summed E-state index contributed by atoms with van der Waals surface area (Å²) in [6.07, 6.45) is 1.84. The molecule has 0 spiro atoms. The number of morpholine rings is 1. The fourth-order valence-electron chi connectivity index (χ4n) is 4.77. The standard InChI is InChI=1S/C23H27ClN6O2/c1-15-20-16(2)30(19-7-5-18(24)6-8-19)27-21(20)22(26-25-15)29-9-3-4-17(14-29)23(31)28-10-12-32-13-11-28/h5-8,17H,3-4,9-14H2,1-2H3. The summed E-state index contributed by atoms with van der Waals surface area (Å²) in [6, 6.07) is 7.63. The van der Waals surface area contributed by atoms with Crippen LogP contribution in [0.2, 0.25) is 5.02 Å². The molecule has 4 heterocycles. The quantitative estimate of drug-likeness (QED) is 0.605. The van der Waals surface area contributed by atoms with Crippen LogP contribution >= 0.6 is 11.6 Å². The van der Waals surface area contributed by atoms with E-state index in [4.69, 9.17) is 21.4 Å². The normalized spacial score (nSPS) is 19.5. The van der Waals surface area contributed by atoms with Crippen LogP contribution in [0.3, 0.4) is 0 Å². The van der Waals surface area contributed by atoms with E-state index in [9.17, 15) is 4.79 Å². The number of hydrogen-bond donors (Lipinski definition) is 0. The van der Waals surface area contributed by atoms with Crippen LogP contribution in [-0.2, 0) is 9.53 Å². The summed E-state index contributed by atoms with van der Waals surface area (Å²) in [5, 5.41) is 15.6. The molecule has 8 nitrogen and oxygen atoms in total. The lowest BCUT2D eigenvalue weighted by Gasteiger charge is -2.36. The molecule has 1 aromatic carbocycles. The maximum atomic E-state index is 13.1. The predicted molar refractivity (Wildman–Crippen MR) is 123 cm³/mol. The third-order valence-corrected chi connectivity index (χ3v) is 6.70. The molecule has 168 valence electrons. The Morgan fingerprint density at radius 2 is 1.84 bits per heavy atom. The molecule has 0 saturated carbocycles. The minimum Gasteiger partial charge on any atom is -0.378 e. The summed E-state index contributed by atoms with van der Waals surface area (Å²) < 4.78 is 7.32. The molecule has 2 fully saturated rings. The second-order valence-electron chi connectivity index (χ2n) is 8.53. The average Bonchev–Trinajstić information content (AvgIpc) is 3.18. The van der Waals surface area contributed by atoms with Crippen LogP contribution in [0.15, 0.2) is 24.3 Å². The molecule has 0 radical (unpaired) electrons. The maximum absolute atomic E-state index is 13.1. The molecule has 2 aromatic heterocycles. The van der Waals surface area contributed by atoms with Gasteiger partial charge >= 0.3 is 0 Å². The highest BCUT2D eigenvalue weighted by Gasteiger charge is 2.32. The number of aromatic nitrogens is 4. The van der Waals surface area contributed by atoms with E-state index >= 15 is 0 Å². The molecule has 9 heteroatoms. The first-order valence-corrected chi connectivity index (χ1v) is 11.5. The van der Waals surface area contributed by atoms with Crippen LogP contribution in [-0.4, -0.2) is 70.2 Å². The molecule has 0 bridgehead atoms. The van der Waals surface area contributed by atoms with Crippen LogP contribution in [0, 0.1) is 19.8 Å². The van der Waals surface area contributed by atoms with Crippen molar-refractivity contribution >= 4 is 34.2 Å². The molecular weight excluding hydrogens is 428 g/mol. The Hall–Kier alpha value is -2.71. The van der Waals surface area contributed by atoms with Gasteiger partial charge in [0.2, 0.25) is 5.91 Å². The number of nitrogens with zero attached hydrogens (tertiary/aromatic N) is 6. The van der Waals surface area contributed by atoms with Gasteiger partial charge in [-0.25, -0.2) is 4.68 Å². The van der Waals surface area contributed by atoms with Gasteiger partial charge in [0.1, 0.15) is 5.52 Å². The van der Waals surface area contributed by atoms with Crippen LogP contribution in [0.5, 0.6) is 0 Å². The molecule has 1 amide bonds. The minimum absolute atomic E-state index is 0.0422. The van der Waals surface area contributed by atoms with E-state index in [1.807, 2.05) is 47.7 Å². The molecular formula is C23H27ClN6O2. The second-order valence-corrected chi connectivity index (χ2v) is 8.97. The van der Waals surface area contributed by atoms with Gasteiger partial charge in [-0.1, -0.05) is 11.6 Å². The van der Waals surface area contributed by atoms with Gasteiger partial charge in [0.15, 0.2) is 5.82 Å². The summed E-state index contributed by atoms with van der Waals surface area (Å²) >= 11 is 6.07. The van der Waals surface area contributed by atoms with Gasteiger partial charge < -0.3 is 14.5 Å². The average molecular weight is 455 g/mol. The van der Waals surface area contributed by atoms with Crippen molar-refractivity contribution in [1.82, 2.24) is 24.9 Å². The number of fused-ring (bicyclic) bond motifs is 1. The van der Waals surface area contributed by atoms with Crippen molar-refractivity contribution in [3.63, 3.8) is 0 Å². The summed E-state index contributed by atoms with van der Waals surface area (Å²) in [5.41, 5.74) is 3.62. The van der Waals surface area contributed by atoms with E-state index in [0.717, 1.165) is 53.2 Å². The Balaban J connectivity index is 1.48. The van der Waals surface area contributed by atoms with Gasteiger partial charge in [0.05, 0.1) is 41.6 Å². The summed E-state index contributed by atoms with van der Waals surface area (Å²) in [4.78, 5) is 17.2. The highest BCUT2D eigenvalue weighted by atomic mass is 35.5. The number of amides is 1. The molecule has 2 aliphatic heterocycles. The molecule has 2 aliphatic rings. The Bertz CT molecular complexity index is 1140. The molecule has 2 saturated heterocycles. The van der Waals surface area contributed by atoms with E-state index in [0.29, 0.717) is 37.9 Å². The maximum Gasteiger partial charge on any atom is 0.227 e. The lowest BCUT2D eigenvalue weighted by Crippen LogP contribution is -2.48. The lowest BCUT2D eigenvalue weighted by molar-refractivity contribution is -0.139. The number of aryl methyl sites for hydroxylation is 2. The fourth-order valence-corrected chi connectivity index (χ4v) is 4.90. The first kappa shape index (κ1) is 21.2. The molecule has 3 aromatic rings. The van der Waals surface area contributed by atoms with Crippen molar-refractivity contribution in [2.24, 2.45) is 5.92 Å². The van der Waals surface area contributed by atoms with Crippen molar-refractivity contribution in [3.05, 3.63) is 40.7 Å². The minimum atomic E-state index is -0.0422. The van der Waals surface area contributed by atoms with Crippen molar-refractivity contribution in [3.8, 4) is 5.69 Å². The number of carbonyl (C=O) groups excluding carboxylic acids is 1. The lowest BCUT2D eigenvalue weighted by atomic mass is 9.96. The van der Waals surface area contributed by atoms with Gasteiger partial charge in [-0.2, -0.15) is 10.2 Å². The number of halogens is 1. The number of ether oxygens (including phenoxy) is 1. The van der Waals surface area contributed by atoms with Crippen molar-refractivity contribution in [2.75, 3.05) is 44.3 Å². The Kier molecular flexibility index (Phi) is 5.73. The number of hydrogen-bond acceptors (Lipinski definition) is 6. The van der Waals surface area contributed by atoms with Crippen LogP contribution in [0.1, 0.15) is 24.2 Å². The molecule has 0 aliphatic carbocycles. The van der Waals surface area contributed by atoms with E-state index in [1.54, 1.807) is 0 Å². The topological polar surface area (TPSA) is 76.4 Å². The van der Waals surface area contributed by atoms with E-state index < -0.39 is 0 Å². The number of anilines is 1. The van der Waals surface area contributed by atoms with Gasteiger partial charge in [0.25, 0.3) is 0 Å². The predicted octanol–water partition coefficient (Wildman–Crippen LogP) is 3.16. The first-order valence-electron chi connectivity index (χ1n) is 11.1. The first-order chi connectivity index (χ1) is 15.5. The van der Waals surface area contributed by atoms with Crippen molar-refractivity contribution < 1.29 is 9.53 Å². The second kappa shape index (κ2) is 8.67. The van der Waals surface area contributed by atoms with E-state index in [2.05, 4.69) is 15.1 Å². The summed E-state index contributed by atoms with van der Waals surface area (Å²) in [5.74, 6) is 0.928. The number of benzene rings is 1. The Morgan fingerprint density at radius 1 is 1.09 bits per heavy atom. The van der Waals surface area contributed by atoms with Gasteiger partial charge in [-0.05, 0) is 51.0 Å². The number of piperidine rings is 1. The molecule has 5 rings (SSSR count). The molecule has 1 atom stereocenters. The summed E-state index contributed by atoms with van der Waals surface area (Å²) in [7, 11) is 0. The van der Waals surface area contributed by atoms with Gasteiger partial charge in [-0.3, -0.25) is 4.79 Å². The zero-order valence-electron chi connectivity index (χ0n) is 18.4. The van der Waals surface area contributed by atoms with E-state index in [1.165, 1.54) is 0 Å². The Labute approximate surface area is 192 Å². The Morgan fingerprint density at radius 3 is 2.59 bits per heavy atom. The largest absolute Gasteiger partial charge is 0.378 e. The van der Waals surface area contributed by atoms with Gasteiger partial charge in [0, 0.05) is 31.2 Å². The van der Waals surface area contributed by atoms with Crippen LogP contribution < -0.4 is 4.90 Å². The van der Waals surface area contributed by atoms with Crippen molar-refractivity contribution in [2.45, 2.75) is 26.7 Å². The fraction of sp³-hybridized carbons (Fsp3) is 0.478. The zero-order chi connectivity index (χ0) is 22.2. The zero-order valence-corrected chi connectivity index (χ0v) is 19.2. The molecule has 32 heavy (non-hydrogen) atoms. The van der Waals surface area contributed by atoms with Crippen LogP contribution in [0.4, 0.5) is 5.82 Å². The summed E-state index contributed by atoms with van der Waals surface area (Å²) in [6.45, 7) is 8.07. The van der Waals surface area contributed by atoms with E-state index in [-0.39, 0.29) is 11.8 Å². The number of carbonyl (C=O) groups is 1. The number of rotatable bonds is 3. The van der Waals surface area contributed by atoms with Crippen LogP contribution in [0.25, 0.3) is 16.6 Å². The van der Waals surface area contributed by atoms with Crippen molar-refractivity contribution in [1.29, 1.82) is 0 Å².